The summed E-state index contributed by atoms with van der Waals surface area (Å²) in [6.07, 6.45) is 4.27. The Bertz CT molecular complexity index is 1050. The van der Waals surface area contributed by atoms with Gasteiger partial charge in [0.2, 0.25) is 5.91 Å². The SMILES string of the molecule is CC(C)(C)OC(=O)N1CCCN(c2ccc3c(N4CCC(=O)NC4=O)cncc3c2)CC1. The van der Waals surface area contributed by atoms with E-state index in [4.69, 9.17) is 4.74 Å². The van der Waals surface area contributed by atoms with Crippen LogP contribution in [0.3, 0.4) is 0 Å². The Morgan fingerprint density at radius 3 is 2.62 bits per heavy atom. The number of pyridine rings is 1. The Morgan fingerprint density at radius 1 is 1.06 bits per heavy atom. The number of carbonyl (C=O) groups is 3. The van der Waals surface area contributed by atoms with Gasteiger partial charge in [0.15, 0.2) is 0 Å². The Hall–Kier alpha value is -3.36. The van der Waals surface area contributed by atoms with Crippen molar-refractivity contribution in [2.24, 2.45) is 0 Å². The Labute approximate surface area is 187 Å². The normalized spacial score (nSPS) is 17.9. The highest BCUT2D eigenvalue weighted by Crippen LogP contribution is 2.30. The quantitative estimate of drug-likeness (QED) is 0.773. The first-order valence-corrected chi connectivity index (χ1v) is 10.9. The molecule has 0 bridgehead atoms. The summed E-state index contributed by atoms with van der Waals surface area (Å²) in [5.41, 5.74) is 1.22. The highest BCUT2D eigenvalue weighted by atomic mass is 16.6. The number of ether oxygens (including phenoxy) is 1. The maximum absolute atomic E-state index is 12.4. The molecule has 2 fully saturated rings. The van der Waals surface area contributed by atoms with E-state index in [1.165, 1.54) is 0 Å². The van der Waals surface area contributed by atoms with E-state index < -0.39 is 11.6 Å². The van der Waals surface area contributed by atoms with E-state index in [0.29, 0.717) is 31.9 Å². The summed E-state index contributed by atoms with van der Waals surface area (Å²) < 4.78 is 5.52. The van der Waals surface area contributed by atoms with Crippen LogP contribution in [0.4, 0.5) is 21.0 Å². The van der Waals surface area contributed by atoms with Crippen LogP contribution >= 0.6 is 0 Å². The standard InChI is InChI=1S/C23H29N5O4/c1-23(2,3)32-22(31)27-9-4-8-26(11-12-27)17-5-6-18-16(13-17)14-24-15-19(18)28-10-7-20(29)25-21(28)30/h5-6,13-15H,4,7-12H2,1-3H3,(H,25,29,30). The molecular weight excluding hydrogens is 410 g/mol. The number of amides is 4. The molecule has 170 valence electrons. The lowest BCUT2D eigenvalue weighted by Gasteiger charge is -2.28. The second kappa shape index (κ2) is 8.64. The summed E-state index contributed by atoms with van der Waals surface area (Å²) in [5.74, 6) is -0.261. The fourth-order valence-electron chi connectivity index (χ4n) is 4.04. The maximum atomic E-state index is 12.4. The predicted octanol–water partition coefficient (Wildman–Crippen LogP) is 3.13. The van der Waals surface area contributed by atoms with E-state index in [-0.39, 0.29) is 18.4 Å². The average molecular weight is 440 g/mol. The Morgan fingerprint density at radius 2 is 1.88 bits per heavy atom. The molecule has 3 heterocycles. The summed E-state index contributed by atoms with van der Waals surface area (Å²) in [5, 5.41) is 4.18. The zero-order valence-electron chi connectivity index (χ0n) is 18.8. The van der Waals surface area contributed by atoms with Crippen molar-refractivity contribution < 1.29 is 19.1 Å². The van der Waals surface area contributed by atoms with Crippen LogP contribution in [0.25, 0.3) is 10.8 Å². The van der Waals surface area contributed by atoms with Crippen LogP contribution in [0.2, 0.25) is 0 Å². The number of nitrogens with zero attached hydrogens (tertiary/aromatic N) is 4. The van der Waals surface area contributed by atoms with E-state index in [1.807, 2.05) is 32.9 Å². The molecule has 1 aromatic carbocycles. The number of benzene rings is 1. The summed E-state index contributed by atoms with van der Waals surface area (Å²) in [4.78, 5) is 46.1. The van der Waals surface area contributed by atoms with E-state index in [1.54, 1.807) is 22.2 Å². The Kier molecular flexibility index (Phi) is 5.90. The molecule has 2 aliphatic heterocycles. The van der Waals surface area contributed by atoms with E-state index >= 15 is 0 Å². The van der Waals surface area contributed by atoms with Gasteiger partial charge in [0.1, 0.15) is 5.60 Å². The number of aromatic nitrogens is 1. The van der Waals surface area contributed by atoms with Crippen LogP contribution in [0, 0.1) is 0 Å². The van der Waals surface area contributed by atoms with Crippen LogP contribution in [0.1, 0.15) is 33.6 Å². The first-order valence-electron chi connectivity index (χ1n) is 10.9. The van der Waals surface area contributed by atoms with Gasteiger partial charge in [-0.3, -0.25) is 20.0 Å². The van der Waals surface area contributed by atoms with E-state index in [9.17, 15) is 14.4 Å². The molecule has 9 nitrogen and oxygen atoms in total. The number of rotatable bonds is 2. The van der Waals surface area contributed by atoms with Gasteiger partial charge in [-0.1, -0.05) is 6.07 Å². The molecule has 0 aliphatic carbocycles. The molecule has 0 unspecified atom stereocenters. The maximum Gasteiger partial charge on any atom is 0.410 e. The molecule has 9 heteroatoms. The number of anilines is 2. The smallest absolute Gasteiger partial charge is 0.410 e. The molecule has 0 radical (unpaired) electrons. The molecule has 2 saturated heterocycles. The number of fused-ring (bicyclic) bond motifs is 1. The van der Waals surface area contributed by atoms with Crippen molar-refractivity contribution in [3.8, 4) is 0 Å². The van der Waals surface area contributed by atoms with Crippen LogP contribution in [-0.2, 0) is 9.53 Å². The van der Waals surface area contributed by atoms with Crippen molar-refractivity contribution in [2.75, 3.05) is 42.5 Å². The van der Waals surface area contributed by atoms with E-state index in [0.717, 1.165) is 29.4 Å². The minimum Gasteiger partial charge on any atom is -0.444 e. The minimum atomic E-state index is -0.509. The van der Waals surface area contributed by atoms with Gasteiger partial charge in [-0.25, -0.2) is 9.59 Å². The summed E-state index contributed by atoms with van der Waals surface area (Å²) >= 11 is 0. The molecule has 0 saturated carbocycles. The van der Waals surface area contributed by atoms with Crippen molar-refractivity contribution in [2.45, 2.75) is 39.2 Å². The number of urea groups is 1. The Balaban J connectivity index is 1.51. The lowest BCUT2D eigenvalue weighted by molar-refractivity contribution is -0.120. The summed E-state index contributed by atoms with van der Waals surface area (Å²) in [6, 6.07) is 5.65. The molecule has 0 spiro atoms. The molecule has 0 atom stereocenters. The fraction of sp³-hybridized carbons (Fsp3) is 0.478. The van der Waals surface area contributed by atoms with E-state index in [2.05, 4.69) is 21.3 Å². The summed E-state index contributed by atoms with van der Waals surface area (Å²) in [7, 11) is 0. The van der Waals surface area contributed by atoms with Crippen molar-refractivity contribution in [3.05, 3.63) is 30.6 Å². The third-order valence-electron chi connectivity index (χ3n) is 5.58. The van der Waals surface area contributed by atoms with Gasteiger partial charge in [-0.15, -0.1) is 0 Å². The van der Waals surface area contributed by atoms with Crippen molar-refractivity contribution in [1.82, 2.24) is 15.2 Å². The average Bonchev–Trinajstić information content (AvgIpc) is 2.98. The number of nitrogens with one attached hydrogen (secondary N) is 1. The zero-order chi connectivity index (χ0) is 22.9. The number of hydrogen-bond acceptors (Lipinski definition) is 6. The fourth-order valence-corrected chi connectivity index (χ4v) is 4.04. The van der Waals surface area contributed by atoms with Gasteiger partial charge >= 0.3 is 12.1 Å². The van der Waals surface area contributed by atoms with Crippen LogP contribution in [-0.4, -0.2) is 66.2 Å². The lowest BCUT2D eigenvalue weighted by Crippen LogP contribution is -2.49. The molecule has 2 aromatic rings. The summed E-state index contributed by atoms with van der Waals surface area (Å²) in [6.45, 7) is 8.73. The molecule has 32 heavy (non-hydrogen) atoms. The first-order chi connectivity index (χ1) is 15.2. The van der Waals surface area contributed by atoms with Crippen LogP contribution < -0.4 is 15.1 Å². The lowest BCUT2D eigenvalue weighted by atomic mass is 10.1. The largest absolute Gasteiger partial charge is 0.444 e. The zero-order valence-corrected chi connectivity index (χ0v) is 18.8. The van der Waals surface area contributed by atoms with Crippen molar-refractivity contribution in [3.63, 3.8) is 0 Å². The number of imide groups is 1. The topological polar surface area (TPSA) is 95.1 Å². The van der Waals surface area contributed by atoms with Gasteiger partial charge in [0.25, 0.3) is 0 Å². The monoisotopic (exact) mass is 439 g/mol. The third-order valence-corrected chi connectivity index (χ3v) is 5.58. The van der Waals surface area contributed by atoms with Gasteiger partial charge in [-0.05, 0) is 39.3 Å². The second-order valence-electron chi connectivity index (χ2n) is 9.13. The van der Waals surface area contributed by atoms with Gasteiger partial charge < -0.3 is 14.5 Å². The predicted molar refractivity (Wildman–Crippen MR) is 122 cm³/mol. The number of carbonyl (C=O) groups excluding carboxylic acids is 3. The molecule has 4 amide bonds. The van der Waals surface area contributed by atoms with Crippen molar-refractivity contribution >= 4 is 40.2 Å². The molecular formula is C23H29N5O4. The second-order valence-corrected chi connectivity index (χ2v) is 9.13. The highest BCUT2D eigenvalue weighted by molar-refractivity contribution is 6.09. The molecule has 4 rings (SSSR count). The first kappa shape index (κ1) is 21.9. The number of hydrogen-bond donors (Lipinski definition) is 1. The molecule has 1 N–H and O–H groups in total. The highest BCUT2D eigenvalue weighted by Gasteiger charge is 2.27. The van der Waals surface area contributed by atoms with Crippen LogP contribution in [0.5, 0.6) is 0 Å². The van der Waals surface area contributed by atoms with Crippen molar-refractivity contribution in [1.29, 1.82) is 0 Å². The van der Waals surface area contributed by atoms with Crippen LogP contribution in [0.15, 0.2) is 30.6 Å². The van der Waals surface area contributed by atoms with Gasteiger partial charge in [0.05, 0.1) is 11.9 Å². The molecule has 1 aromatic heterocycles. The van der Waals surface area contributed by atoms with Gasteiger partial charge in [0, 0.05) is 61.8 Å². The third kappa shape index (κ3) is 4.76. The molecule has 2 aliphatic rings. The minimum absolute atomic E-state index is 0.261. The van der Waals surface area contributed by atoms with Gasteiger partial charge in [-0.2, -0.15) is 0 Å².